The van der Waals surface area contributed by atoms with E-state index in [4.69, 9.17) is 0 Å². The highest BCUT2D eigenvalue weighted by Gasteiger charge is 2.22. The number of rotatable bonds is 3. The molecular weight excluding hydrogens is 537 g/mol. The predicted molar refractivity (Wildman–Crippen MR) is 185 cm³/mol. The summed E-state index contributed by atoms with van der Waals surface area (Å²) in [6, 6.07) is 57.9. The summed E-state index contributed by atoms with van der Waals surface area (Å²) < 4.78 is 0. The van der Waals surface area contributed by atoms with Crippen LogP contribution in [0.2, 0.25) is 0 Å². The largest absolute Gasteiger partial charge is 0.0888 e. The van der Waals surface area contributed by atoms with E-state index < -0.39 is 0 Å². The van der Waals surface area contributed by atoms with Crippen LogP contribution in [0, 0.1) is 0 Å². The van der Waals surface area contributed by atoms with Gasteiger partial charge in [-0.15, -0.1) is 0 Å². The van der Waals surface area contributed by atoms with Gasteiger partial charge < -0.3 is 0 Å². The Hall–Kier alpha value is -5.11. The molecule has 0 nitrogen and oxygen atoms in total. The molecule has 0 amide bonds. The molecule has 0 aromatic heterocycles. The van der Waals surface area contributed by atoms with E-state index in [0.717, 1.165) is 0 Å². The minimum absolute atomic E-state index is 1.23. The lowest BCUT2D eigenvalue weighted by Gasteiger charge is -2.22. The van der Waals surface area contributed by atoms with E-state index in [2.05, 4.69) is 158 Å². The molecule has 0 fully saturated rings. The lowest BCUT2D eigenvalue weighted by molar-refractivity contribution is 1.40. The SMILES string of the molecule is c1ccc(-c2ccc(-c3c4ccccc4c(-c4cc5c6c(cccc6c4)-c4ccccc4S5)c4ccccc34)cc2)cc1. The van der Waals surface area contributed by atoms with Gasteiger partial charge in [-0.2, -0.15) is 0 Å². The number of benzene rings is 8. The summed E-state index contributed by atoms with van der Waals surface area (Å²) in [7, 11) is 0. The van der Waals surface area contributed by atoms with Crippen molar-refractivity contribution in [3.8, 4) is 44.5 Å². The smallest absolute Gasteiger partial charge is 0.0213 e. The van der Waals surface area contributed by atoms with Crippen LogP contribution in [0.25, 0.3) is 76.8 Å². The lowest BCUT2D eigenvalue weighted by Crippen LogP contribution is -1.95. The van der Waals surface area contributed by atoms with E-state index in [1.165, 1.54) is 86.6 Å². The van der Waals surface area contributed by atoms with Crippen molar-refractivity contribution in [1.82, 2.24) is 0 Å². The van der Waals surface area contributed by atoms with E-state index >= 15 is 0 Å². The van der Waals surface area contributed by atoms with Crippen molar-refractivity contribution in [1.29, 1.82) is 0 Å². The van der Waals surface area contributed by atoms with Crippen LogP contribution < -0.4 is 0 Å². The van der Waals surface area contributed by atoms with Crippen molar-refractivity contribution in [2.24, 2.45) is 0 Å². The average Bonchev–Trinajstić information content (AvgIpc) is 3.07. The molecule has 0 unspecified atom stereocenters. The van der Waals surface area contributed by atoms with Crippen molar-refractivity contribution in [3.63, 3.8) is 0 Å². The molecule has 1 aliphatic heterocycles. The normalized spacial score (nSPS) is 12.1. The van der Waals surface area contributed by atoms with Crippen molar-refractivity contribution in [2.45, 2.75) is 9.79 Å². The van der Waals surface area contributed by atoms with Crippen LogP contribution in [-0.4, -0.2) is 0 Å². The molecule has 0 radical (unpaired) electrons. The number of fused-ring (bicyclic) bond motifs is 4. The average molecular weight is 563 g/mol. The highest BCUT2D eigenvalue weighted by Crippen LogP contribution is 2.51. The van der Waals surface area contributed by atoms with E-state index in [-0.39, 0.29) is 0 Å². The van der Waals surface area contributed by atoms with Gasteiger partial charge in [-0.3, -0.25) is 0 Å². The Bertz CT molecular complexity index is 2290. The van der Waals surface area contributed by atoms with Gasteiger partial charge in [0, 0.05) is 15.2 Å². The summed E-state index contributed by atoms with van der Waals surface area (Å²) in [6.07, 6.45) is 0. The van der Waals surface area contributed by atoms with Crippen LogP contribution >= 0.6 is 11.8 Å². The number of hydrogen-bond acceptors (Lipinski definition) is 1. The summed E-state index contributed by atoms with van der Waals surface area (Å²) in [4.78, 5) is 2.65. The Morgan fingerprint density at radius 3 is 1.56 bits per heavy atom. The molecule has 0 aliphatic carbocycles. The summed E-state index contributed by atoms with van der Waals surface area (Å²) in [5, 5.41) is 7.78. The standard InChI is InChI=1S/C42H26S/c1-2-11-27(12-3-1)28-21-23-29(24-22-28)40-34-15-4-6-17-36(34)41(37-18-7-5-16-35(37)40)31-25-30-13-10-19-33-32-14-8-9-20-38(32)43-39(26-31)42(30)33/h1-26H. The third-order valence-electron chi connectivity index (χ3n) is 8.84. The molecule has 8 aromatic carbocycles. The fourth-order valence-electron chi connectivity index (χ4n) is 6.94. The molecule has 43 heavy (non-hydrogen) atoms. The quantitative estimate of drug-likeness (QED) is 0.193. The molecule has 1 heteroatoms. The molecule has 0 atom stereocenters. The first-order valence-corrected chi connectivity index (χ1v) is 15.6. The molecule has 200 valence electrons. The highest BCUT2D eigenvalue weighted by atomic mass is 32.2. The van der Waals surface area contributed by atoms with E-state index in [9.17, 15) is 0 Å². The van der Waals surface area contributed by atoms with E-state index in [0.29, 0.717) is 0 Å². The molecule has 0 N–H and O–H groups in total. The number of hydrogen-bond donors (Lipinski definition) is 0. The van der Waals surface area contributed by atoms with Crippen LogP contribution in [0.1, 0.15) is 0 Å². The first-order valence-electron chi connectivity index (χ1n) is 14.8. The summed E-state index contributed by atoms with van der Waals surface area (Å²) in [5.74, 6) is 0. The van der Waals surface area contributed by atoms with Crippen LogP contribution in [0.5, 0.6) is 0 Å². The van der Waals surface area contributed by atoms with Gasteiger partial charge in [-0.1, -0.05) is 151 Å². The van der Waals surface area contributed by atoms with Crippen LogP contribution in [-0.2, 0) is 0 Å². The van der Waals surface area contributed by atoms with Gasteiger partial charge >= 0.3 is 0 Å². The van der Waals surface area contributed by atoms with Gasteiger partial charge in [-0.05, 0) is 89.6 Å². The molecule has 9 rings (SSSR count). The minimum atomic E-state index is 1.23. The second kappa shape index (κ2) is 9.73. The first-order chi connectivity index (χ1) is 21.3. The second-order valence-electron chi connectivity index (χ2n) is 11.3. The molecule has 0 spiro atoms. The summed E-state index contributed by atoms with van der Waals surface area (Å²) in [6.45, 7) is 0. The molecule has 0 bridgehead atoms. The van der Waals surface area contributed by atoms with Gasteiger partial charge in [0.15, 0.2) is 0 Å². The molecule has 1 aliphatic rings. The molecular formula is C42H26S. The zero-order valence-corrected chi connectivity index (χ0v) is 24.2. The Morgan fingerprint density at radius 2 is 0.860 bits per heavy atom. The fraction of sp³-hybridized carbons (Fsp3) is 0. The Morgan fingerprint density at radius 1 is 0.326 bits per heavy atom. The monoisotopic (exact) mass is 562 g/mol. The molecule has 0 saturated carbocycles. The van der Waals surface area contributed by atoms with Gasteiger partial charge in [0.2, 0.25) is 0 Å². The topological polar surface area (TPSA) is 0 Å². The molecule has 8 aromatic rings. The van der Waals surface area contributed by atoms with Crippen LogP contribution in [0.4, 0.5) is 0 Å². The highest BCUT2D eigenvalue weighted by molar-refractivity contribution is 7.99. The first kappa shape index (κ1) is 24.5. The third kappa shape index (κ3) is 3.86. The van der Waals surface area contributed by atoms with Gasteiger partial charge in [0.1, 0.15) is 0 Å². The van der Waals surface area contributed by atoms with Crippen molar-refractivity contribution in [2.75, 3.05) is 0 Å². The summed E-state index contributed by atoms with van der Waals surface area (Å²) in [5.41, 5.74) is 10.2. The van der Waals surface area contributed by atoms with Crippen molar-refractivity contribution >= 4 is 44.1 Å². The Kier molecular flexibility index (Phi) is 5.54. The fourth-order valence-corrected chi connectivity index (χ4v) is 8.13. The Balaban J connectivity index is 1.30. The maximum atomic E-state index is 2.43. The molecule has 1 heterocycles. The summed E-state index contributed by atoms with van der Waals surface area (Å²) >= 11 is 1.89. The van der Waals surface area contributed by atoms with E-state index in [1.807, 2.05) is 11.8 Å². The lowest BCUT2D eigenvalue weighted by atomic mass is 9.85. The minimum Gasteiger partial charge on any atom is -0.0888 e. The zero-order chi connectivity index (χ0) is 28.3. The third-order valence-corrected chi connectivity index (χ3v) is 9.96. The van der Waals surface area contributed by atoms with Gasteiger partial charge in [-0.25, -0.2) is 0 Å². The molecule has 0 saturated heterocycles. The maximum Gasteiger partial charge on any atom is 0.0213 e. The van der Waals surface area contributed by atoms with E-state index in [1.54, 1.807) is 0 Å². The van der Waals surface area contributed by atoms with Crippen LogP contribution in [0.3, 0.4) is 0 Å². The van der Waals surface area contributed by atoms with Crippen molar-refractivity contribution in [3.05, 3.63) is 158 Å². The van der Waals surface area contributed by atoms with Gasteiger partial charge in [0.25, 0.3) is 0 Å². The van der Waals surface area contributed by atoms with Crippen LogP contribution in [0.15, 0.2) is 168 Å². The maximum absolute atomic E-state index is 2.43. The Labute approximate surface area is 255 Å². The zero-order valence-electron chi connectivity index (χ0n) is 23.4. The van der Waals surface area contributed by atoms with Gasteiger partial charge in [0.05, 0.1) is 0 Å². The van der Waals surface area contributed by atoms with Crippen molar-refractivity contribution < 1.29 is 0 Å². The second-order valence-corrected chi connectivity index (χ2v) is 12.3. The predicted octanol–water partition coefficient (Wildman–Crippen LogP) is 12.3.